The van der Waals surface area contributed by atoms with E-state index in [1.807, 2.05) is 12.1 Å². The number of carboxylic acid groups (broad SMARTS) is 1. The van der Waals surface area contributed by atoms with E-state index in [-0.39, 0.29) is 11.3 Å². The van der Waals surface area contributed by atoms with Crippen molar-refractivity contribution in [2.45, 2.75) is 0 Å². The first-order chi connectivity index (χ1) is 12.4. The lowest BCUT2D eigenvalue weighted by molar-refractivity contribution is 0.0693. The largest absolute Gasteiger partial charge is 0.507 e. The summed E-state index contributed by atoms with van der Waals surface area (Å²) in [6, 6.07) is 12.2. The van der Waals surface area contributed by atoms with Crippen molar-refractivity contribution in [3.63, 3.8) is 0 Å². The average Bonchev–Trinajstić information content (AvgIpc) is 2.59. The van der Waals surface area contributed by atoms with E-state index in [1.165, 1.54) is 6.07 Å². The number of aromatic carboxylic acids is 1. The van der Waals surface area contributed by atoms with Gasteiger partial charge in [-0.3, -0.25) is 9.59 Å². The number of imide groups is 1. The minimum absolute atomic E-state index is 0.102. The maximum Gasteiger partial charge on any atom is 0.339 e. The van der Waals surface area contributed by atoms with Gasteiger partial charge in [-0.15, -0.1) is 0 Å². The molecule has 0 saturated heterocycles. The fraction of sp³-hybridized carbons (Fsp3) is 0. The van der Waals surface area contributed by atoms with Crippen LogP contribution in [0.5, 0.6) is 5.75 Å². The number of amides is 2. The second-order valence-corrected chi connectivity index (χ2v) is 6.73. The van der Waals surface area contributed by atoms with Crippen molar-refractivity contribution in [2.24, 2.45) is 0 Å². The first kappa shape index (κ1) is 16.3. The lowest BCUT2D eigenvalue weighted by Gasteiger charge is -2.27. The van der Waals surface area contributed by atoms with Crippen LogP contribution in [0.4, 0.5) is 5.69 Å². The summed E-state index contributed by atoms with van der Waals surface area (Å²) in [7, 11) is 0. The van der Waals surface area contributed by atoms with Crippen LogP contribution in [0, 0.1) is 0 Å². The van der Waals surface area contributed by atoms with Gasteiger partial charge in [-0.1, -0.05) is 28.1 Å². The fourth-order valence-electron chi connectivity index (χ4n) is 3.15. The Labute approximate surface area is 155 Å². The predicted octanol–water partition coefficient (Wildman–Crippen LogP) is 3.81. The van der Waals surface area contributed by atoms with E-state index in [1.54, 1.807) is 18.2 Å². The molecule has 0 aromatic heterocycles. The van der Waals surface area contributed by atoms with Gasteiger partial charge in [0.2, 0.25) is 0 Å². The number of carbonyl (C=O) groups excluding carboxylic acids is 2. The molecule has 0 fully saturated rings. The summed E-state index contributed by atoms with van der Waals surface area (Å²) in [6.45, 7) is 0. The number of phenols is 1. The molecule has 7 heteroatoms. The first-order valence-electron chi connectivity index (χ1n) is 7.56. The number of carboxylic acids is 1. The number of anilines is 1. The van der Waals surface area contributed by atoms with E-state index >= 15 is 0 Å². The maximum atomic E-state index is 13.0. The van der Waals surface area contributed by atoms with Gasteiger partial charge >= 0.3 is 5.97 Å². The first-order valence-corrected chi connectivity index (χ1v) is 8.35. The van der Waals surface area contributed by atoms with E-state index in [9.17, 15) is 19.5 Å². The minimum Gasteiger partial charge on any atom is -0.507 e. The Morgan fingerprint density at radius 1 is 0.962 bits per heavy atom. The Hall–Kier alpha value is -3.19. The quantitative estimate of drug-likeness (QED) is 0.625. The van der Waals surface area contributed by atoms with Crippen molar-refractivity contribution in [3.05, 3.63) is 69.7 Å². The molecule has 0 radical (unpaired) electrons. The molecule has 2 amide bonds. The summed E-state index contributed by atoms with van der Waals surface area (Å²) in [4.78, 5) is 37.9. The van der Waals surface area contributed by atoms with Gasteiger partial charge in [-0.25, -0.2) is 9.69 Å². The highest BCUT2D eigenvalue weighted by Gasteiger charge is 2.34. The third kappa shape index (κ3) is 2.28. The molecule has 2 N–H and O–H groups in total. The van der Waals surface area contributed by atoms with Crippen LogP contribution in [-0.2, 0) is 0 Å². The van der Waals surface area contributed by atoms with Crippen molar-refractivity contribution in [1.82, 2.24) is 0 Å². The van der Waals surface area contributed by atoms with Crippen LogP contribution in [-0.4, -0.2) is 28.0 Å². The van der Waals surface area contributed by atoms with Gasteiger partial charge in [0, 0.05) is 21.5 Å². The zero-order valence-electron chi connectivity index (χ0n) is 13.1. The number of hydrogen-bond acceptors (Lipinski definition) is 4. The molecule has 26 heavy (non-hydrogen) atoms. The molecular weight excluding hydrogens is 402 g/mol. The van der Waals surface area contributed by atoms with Crippen LogP contribution >= 0.6 is 15.9 Å². The van der Waals surface area contributed by atoms with E-state index in [0.29, 0.717) is 21.0 Å². The van der Waals surface area contributed by atoms with Crippen LogP contribution in [0.3, 0.4) is 0 Å². The molecule has 0 atom stereocenters. The van der Waals surface area contributed by atoms with Gasteiger partial charge in [-0.05, 0) is 35.7 Å². The van der Waals surface area contributed by atoms with Gasteiger partial charge < -0.3 is 10.2 Å². The molecular formula is C19H10BrNO5. The predicted molar refractivity (Wildman–Crippen MR) is 97.9 cm³/mol. The normalized spacial score (nSPS) is 13.3. The molecule has 0 spiro atoms. The summed E-state index contributed by atoms with van der Waals surface area (Å²) in [5.41, 5.74) is 0.513. The van der Waals surface area contributed by atoms with E-state index < -0.39 is 23.5 Å². The van der Waals surface area contributed by atoms with E-state index in [0.717, 1.165) is 22.4 Å². The lowest BCUT2D eigenvalue weighted by Crippen LogP contribution is -2.40. The smallest absolute Gasteiger partial charge is 0.339 e. The Morgan fingerprint density at radius 3 is 2.38 bits per heavy atom. The molecule has 0 saturated carbocycles. The number of benzene rings is 3. The van der Waals surface area contributed by atoms with Crippen LogP contribution in [0.25, 0.3) is 10.8 Å². The van der Waals surface area contributed by atoms with Gasteiger partial charge in [0.15, 0.2) is 0 Å². The number of hydrogen-bond donors (Lipinski definition) is 2. The summed E-state index contributed by atoms with van der Waals surface area (Å²) in [5, 5.41) is 20.3. The molecule has 1 aliphatic rings. The molecule has 3 aromatic carbocycles. The Balaban J connectivity index is 1.93. The number of halogens is 1. The summed E-state index contributed by atoms with van der Waals surface area (Å²) in [6.07, 6.45) is 0. The minimum atomic E-state index is -1.30. The van der Waals surface area contributed by atoms with Crippen LogP contribution < -0.4 is 4.90 Å². The third-order valence-electron chi connectivity index (χ3n) is 4.28. The molecule has 128 valence electrons. The third-order valence-corrected chi connectivity index (χ3v) is 4.74. The molecule has 1 heterocycles. The van der Waals surface area contributed by atoms with Crippen LogP contribution in [0.1, 0.15) is 31.1 Å². The standard InChI is InChI=1S/C19H10BrNO5/c20-10-6-9-2-1-3-13-16(9)14(7-10)18(24)21(17(13)23)11-4-5-12(19(25)26)15(22)8-11/h1-8,22H,(H,25,26). The maximum absolute atomic E-state index is 13.0. The van der Waals surface area contributed by atoms with Gasteiger partial charge in [0.1, 0.15) is 11.3 Å². The SMILES string of the molecule is O=C(O)c1ccc(N2C(=O)c3cccc4cc(Br)cc(c34)C2=O)cc1O. The van der Waals surface area contributed by atoms with Crippen molar-refractivity contribution in [3.8, 4) is 5.75 Å². The Bertz CT molecular complexity index is 1140. The van der Waals surface area contributed by atoms with Gasteiger partial charge in [0.25, 0.3) is 11.8 Å². The molecule has 3 aromatic rings. The highest BCUT2D eigenvalue weighted by molar-refractivity contribution is 9.10. The van der Waals surface area contributed by atoms with Crippen LogP contribution in [0.15, 0.2) is 53.0 Å². The van der Waals surface area contributed by atoms with E-state index in [2.05, 4.69) is 15.9 Å². The van der Waals surface area contributed by atoms with E-state index in [4.69, 9.17) is 5.11 Å². The van der Waals surface area contributed by atoms with Crippen molar-refractivity contribution in [2.75, 3.05) is 4.90 Å². The van der Waals surface area contributed by atoms with Crippen molar-refractivity contribution >= 4 is 50.2 Å². The van der Waals surface area contributed by atoms with Crippen LogP contribution in [0.2, 0.25) is 0 Å². The number of carbonyl (C=O) groups is 3. The molecule has 1 aliphatic heterocycles. The van der Waals surface area contributed by atoms with Crippen molar-refractivity contribution in [1.29, 1.82) is 0 Å². The summed E-state index contributed by atoms with van der Waals surface area (Å²) >= 11 is 3.37. The molecule has 0 bridgehead atoms. The highest BCUT2D eigenvalue weighted by Crippen LogP contribution is 2.36. The van der Waals surface area contributed by atoms with Gasteiger partial charge in [-0.2, -0.15) is 0 Å². The average molecular weight is 412 g/mol. The topological polar surface area (TPSA) is 94.9 Å². The number of nitrogens with zero attached hydrogens (tertiary/aromatic N) is 1. The fourth-order valence-corrected chi connectivity index (χ4v) is 3.62. The monoisotopic (exact) mass is 411 g/mol. The molecule has 6 nitrogen and oxygen atoms in total. The second-order valence-electron chi connectivity index (χ2n) is 5.81. The lowest BCUT2D eigenvalue weighted by atomic mass is 9.93. The zero-order chi connectivity index (χ0) is 18.6. The number of rotatable bonds is 2. The van der Waals surface area contributed by atoms with Gasteiger partial charge in [0.05, 0.1) is 11.3 Å². The summed E-state index contributed by atoms with van der Waals surface area (Å²) in [5.74, 6) is -2.89. The Kier molecular flexibility index (Phi) is 3.55. The summed E-state index contributed by atoms with van der Waals surface area (Å²) < 4.78 is 0.698. The molecule has 0 unspecified atom stereocenters. The highest BCUT2D eigenvalue weighted by atomic mass is 79.9. The Morgan fingerprint density at radius 2 is 1.69 bits per heavy atom. The van der Waals surface area contributed by atoms with Crippen molar-refractivity contribution < 1.29 is 24.6 Å². The molecule has 0 aliphatic carbocycles. The molecule has 4 rings (SSSR count). The second kappa shape index (κ2) is 5.67. The zero-order valence-corrected chi connectivity index (χ0v) is 14.6. The number of aromatic hydroxyl groups is 1.